The zero-order valence-corrected chi connectivity index (χ0v) is 13.0. The van der Waals surface area contributed by atoms with Crippen LogP contribution in [-0.2, 0) is 30.7 Å². The van der Waals surface area contributed by atoms with E-state index >= 15 is 0 Å². The van der Waals surface area contributed by atoms with Crippen LogP contribution in [0, 0.1) is 0 Å². The Bertz CT molecular complexity index is 974. The predicted molar refractivity (Wildman–Crippen MR) is 86.3 cm³/mol. The molecule has 2 aromatic heterocycles. The maximum atomic E-state index is 12.2. The number of rotatable bonds is 4. The van der Waals surface area contributed by atoms with Gasteiger partial charge in [0.25, 0.3) is 5.56 Å². The molecule has 1 amide bonds. The first-order chi connectivity index (χ1) is 11.7. The molecule has 122 valence electrons. The predicted octanol–water partition coefficient (Wildman–Crippen LogP) is 0.320. The van der Waals surface area contributed by atoms with Crippen LogP contribution in [0.15, 0.2) is 29.1 Å². The first kappa shape index (κ1) is 14.6. The molecule has 0 fully saturated rings. The van der Waals surface area contributed by atoms with Crippen LogP contribution < -0.4 is 10.9 Å². The fraction of sp³-hybridized carbons (Fsp3) is 0.312. The summed E-state index contributed by atoms with van der Waals surface area (Å²) in [5.74, 6) is 1.58. The van der Waals surface area contributed by atoms with Crippen LogP contribution >= 0.6 is 0 Å². The van der Waals surface area contributed by atoms with Crippen LogP contribution in [0.4, 0.5) is 0 Å². The lowest BCUT2D eigenvalue weighted by molar-refractivity contribution is -0.120. The summed E-state index contributed by atoms with van der Waals surface area (Å²) >= 11 is 0. The summed E-state index contributed by atoms with van der Waals surface area (Å²) in [6, 6.07) is 7.12. The van der Waals surface area contributed by atoms with Crippen molar-refractivity contribution >= 4 is 16.7 Å². The summed E-state index contributed by atoms with van der Waals surface area (Å²) in [5, 5.41) is 18.8. The highest BCUT2D eigenvalue weighted by molar-refractivity contribution is 5.88. The normalized spacial score (nSPS) is 13.2. The van der Waals surface area contributed by atoms with E-state index in [1.807, 2.05) is 10.6 Å². The van der Waals surface area contributed by atoms with Crippen molar-refractivity contribution in [3.63, 3.8) is 0 Å². The number of hydrogen-bond donors (Lipinski definition) is 2. The molecule has 0 saturated carbocycles. The summed E-state index contributed by atoms with van der Waals surface area (Å²) in [6.07, 6.45) is 2.10. The number of amides is 1. The first-order valence-corrected chi connectivity index (χ1v) is 7.86. The lowest BCUT2D eigenvalue weighted by Crippen LogP contribution is -2.27. The van der Waals surface area contributed by atoms with E-state index in [0.29, 0.717) is 23.0 Å². The molecule has 0 bridgehead atoms. The fourth-order valence-electron chi connectivity index (χ4n) is 3.04. The van der Waals surface area contributed by atoms with E-state index in [2.05, 4.69) is 25.7 Å². The van der Waals surface area contributed by atoms with Gasteiger partial charge in [0.05, 0.1) is 24.0 Å². The molecule has 3 heterocycles. The van der Waals surface area contributed by atoms with Gasteiger partial charge in [0.2, 0.25) is 5.91 Å². The number of fused-ring (bicyclic) bond motifs is 2. The standard InChI is InChI=1S/C16H16N6O2/c23-15(17-9-14-20-19-13-6-3-7-22(13)14)8-12-10-4-1-2-5-11(10)16(24)21-18-12/h1-2,4-5H,3,6-9H2,(H,17,23)(H,21,24). The van der Waals surface area contributed by atoms with Crippen molar-refractivity contribution in [2.45, 2.75) is 32.4 Å². The lowest BCUT2D eigenvalue weighted by atomic mass is 10.1. The molecule has 1 aliphatic rings. The van der Waals surface area contributed by atoms with Crippen LogP contribution in [0.25, 0.3) is 10.8 Å². The van der Waals surface area contributed by atoms with Crippen molar-refractivity contribution in [1.29, 1.82) is 0 Å². The third-order valence-corrected chi connectivity index (χ3v) is 4.23. The second kappa shape index (κ2) is 5.88. The van der Waals surface area contributed by atoms with E-state index in [4.69, 9.17) is 0 Å². The summed E-state index contributed by atoms with van der Waals surface area (Å²) in [4.78, 5) is 24.0. The molecule has 8 nitrogen and oxygen atoms in total. The highest BCUT2D eigenvalue weighted by Crippen LogP contribution is 2.14. The molecule has 4 rings (SSSR count). The van der Waals surface area contributed by atoms with E-state index in [1.165, 1.54) is 0 Å². The summed E-state index contributed by atoms with van der Waals surface area (Å²) < 4.78 is 2.05. The number of hydrogen-bond acceptors (Lipinski definition) is 5. The molecule has 2 N–H and O–H groups in total. The SMILES string of the molecule is O=C(Cc1n[nH]c(=O)c2ccccc12)NCc1nnc2n1CCC2. The zero-order chi connectivity index (χ0) is 16.5. The molecule has 0 radical (unpaired) electrons. The van der Waals surface area contributed by atoms with Crippen LogP contribution in [-0.4, -0.2) is 30.9 Å². The quantitative estimate of drug-likeness (QED) is 0.719. The molecule has 1 aromatic carbocycles. The molecule has 3 aromatic rings. The monoisotopic (exact) mass is 324 g/mol. The molecule has 0 aliphatic carbocycles. The second-order valence-electron chi connectivity index (χ2n) is 5.79. The Morgan fingerprint density at radius 2 is 2.08 bits per heavy atom. The number of aryl methyl sites for hydroxylation is 1. The largest absolute Gasteiger partial charge is 0.348 e. The average molecular weight is 324 g/mol. The smallest absolute Gasteiger partial charge is 0.272 e. The van der Waals surface area contributed by atoms with E-state index < -0.39 is 0 Å². The molecule has 0 atom stereocenters. The highest BCUT2D eigenvalue weighted by Gasteiger charge is 2.18. The summed E-state index contributed by atoms with van der Waals surface area (Å²) in [5.41, 5.74) is 0.294. The number of H-pyrrole nitrogens is 1. The van der Waals surface area contributed by atoms with Gasteiger partial charge in [-0.15, -0.1) is 10.2 Å². The van der Waals surface area contributed by atoms with Crippen LogP contribution in [0.3, 0.4) is 0 Å². The Morgan fingerprint density at radius 3 is 2.96 bits per heavy atom. The number of benzene rings is 1. The van der Waals surface area contributed by atoms with Gasteiger partial charge in [-0.3, -0.25) is 9.59 Å². The van der Waals surface area contributed by atoms with Crippen molar-refractivity contribution < 1.29 is 4.79 Å². The third kappa shape index (κ3) is 2.55. The van der Waals surface area contributed by atoms with Crippen LogP contribution in [0.5, 0.6) is 0 Å². The Hall–Kier alpha value is -3.03. The topological polar surface area (TPSA) is 106 Å². The number of nitrogens with one attached hydrogen (secondary N) is 2. The van der Waals surface area contributed by atoms with E-state index in [0.717, 1.165) is 31.0 Å². The minimum Gasteiger partial charge on any atom is -0.348 e. The fourth-order valence-corrected chi connectivity index (χ4v) is 3.04. The zero-order valence-electron chi connectivity index (χ0n) is 13.0. The molecular weight excluding hydrogens is 308 g/mol. The maximum Gasteiger partial charge on any atom is 0.272 e. The van der Waals surface area contributed by atoms with Crippen molar-refractivity contribution in [2.24, 2.45) is 0 Å². The lowest BCUT2D eigenvalue weighted by Gasteiger charge is -2.07. The van der Waals surface area contributed by atoms with Crippen molar-refractivity contribution in [3.8, 4) is 0 Å². The number of carbonyl (C=O) groups excluding carboxylic acids is 1. The molecule has 1 aliphatic heterocycles. The van der Waals surface area contributed by atoms with Gasteiger partial charge in [0.15, 0.2) is 5.82 Å². The number of nitrogens with zero attached hydrogens (tertiary/aromatic N) is 4. The van der Waals surface area contributed by atoms with Crippen molar-refractivity contribution in [3.05, 3.63) is 52.0 Å². The maximum absolute atomic E-state index is 12.2. The molecule has 8 heteroatoms. The van der Waals surface area contributed by atoms with Gasteiger partial charge in [-0.25, -0.2) is 5.10 Å². The number of aromatic nitrogens is 5. The third-order valence-electron chi connectivity index (χ3n) is 4.23. The second-order valence-corrected chi connectivity index (χ2v) is 5.79. The van der Waals surface area contributed by atoms with Gasteiger partial charge in [-0.1, -0.05) is 18.2 Å². The minimum absolute atomic E-state index is 0.0955. The summed E-state index contributed by atoms with van der Waals surface area (Å²) in [6.45, 7) is 1.24. The van der Waals surface area contributed by atoms with Crippen LogP contribution in [0.2, 0.25) is 0 Å². The van der Waals surface area contributed by atoms with Gasteiger partial charge < -0.3 is 9.88 Å². The van der Waals surface area contributed by atoms with Gasteiger partial charge in [-0.05, 0) is 12.5 Å². The molecular formula is C16H16N6O2. The van der Waals surface area contributed by atoms with E-state index in [9.17, 15) is 9.59 Å². The minimum atomic E-state index is -0.256. The Kier molecular flexibility index (Phi) is 3.56. The highest BCUT2D eigenvalue weighted by atomic mass is 16.1. The van der Waals surface area contributed by atoms with E-state index in [1.54, 1.807) is 18.2 Å². The van der Waals surface area contributed by atoms with Gasteiger partial charge in [0, 0.05) is 18.4 Å². The Balaban J connectivity index is 1.48. The number of carbonyl (C=O) groups is 1. The number of aromatic amines is 1. The van der Waals surface area contributed by atoms with Crippen molar-refractivity contribution in [1.82, 2.24) is 30.3 Å². The van der Waals surface area contributed by atoms with Crippen LogP contribution in [0.1, 0.15) is 23.8 Å². The average Bonchev–Trinajstić information content (AvgIpc) is 3.20. The van der Waals surface area contributed by atoms with E-state index in [-0.39, 0.29) is 17.9 Å². The molecule has 24 heavy (non-hydrogen) atoms. The van der Waals surface area contributed by atoms with Gasteiger partial charge in [0.1, 0.15) is 5.82 Å². The van der Waals surface area contributed by atoms with Gasteiger partial charge in [-0.2, -0.15) is 5.10 Å². The summed E-state index contributed by atoms with van der Waals surface area (Å²) in [7, 11) is 0. The molecule has 0 saturated heterocycles. The first-order valence-electron chi connectivity index (χ1n) is 7.86. The Morgan fingerprint density at radius 1 is 1.25 bits per heavy atom. The molecule has 0 unspecified atom stereocenters. The Labute approximate surface area is 136 Å². The van der Waals surface area contributed by atoms with Crippen molar-refractivity contribution in [2.75, 3.05) is 0 Å². The van der Waals surface area contributed by atoms with Gasteiger partial charge >= 0.3 is 0 Å². The molecule has 0 spiro atoms.